The van der Waals surface area contributed by atoms with Gasteiger partial charge in [0.2, 0.25) is 11.8 Å². The summed E-state index contributed by atoms with van der Waals surface area (Å²) < 4.78 is 7.11. The maximum Gasteiger partial charge on any atom is 0.243 e. The van der Waals surface area contributed by atoms with Gasteiger partial charge in [-0.3, -0.25) is 9.59 Å². The number of rotatable bonds is 5. The quantitative estimate of drug-likeness (QED) is 0.759. The first kappa shape index (κ1) is 16.4. The predicted molar refractivity (Wildman–Crippen MR) is 94.2 cm³/mol. The van der Waals surface area contributed by atoms with E-state index in [0.717, 1.165) is 12.1 Å². The molecule has 2 amide bonds. The van der Waals surface area contributed by atoms with Crippen LogP contribution in [0.4, 0.5) is 0 Å². The third-order valence-corrected chi connectivity index (χ3v) is 4.64. The molecule has 1 aliphatic rings. The van der Waals surface area contributed by atoms with Crippen LogP contribution < -0.4 is 5.32 Å². The highest BCUT2D eigenvalue weighted by atomic mass is 16.3. The Labute approximate surface area is 150 Å². The number of nitrogens with one attached hydrogen (secondary N) is 1. The van der Waals surface area contributed by atoms with Crippen molar-refractivity contribution in [3.8, 4) is 0 Å². The number of pyridine rings is 1. The zero-order chi connectivity index (χ0) is 17.9. The van der Waals surface area contributed by atoms with Crippen LogP contribution in [0.5, 0.6) is 0 Å². The van der Waals surface area contributed by atoms with E-state index in [2.05, 4.69) is 10.3 Å². The van der Waals surface area contributed by atoms with E-state index in [0.29, 0.717) is 31.0 Å². The van der Waals surface area contributed by atoms with Gasteiger partial charge < -0.3 is 19.0 Å². The van der Waals surface area contributed by atoms with E-state index < -0.39 is 6.04 Å². The fourth-order valence-corrected chi connectivity index (χ4v) is 3.37. The third kappa shape index (κ3) is 3.33. The maximum absolute atomic E-state index is 12.7. The van der Waals surface area contributed by atoms with Gasteiger partial charge >= 0.3 is 0 Å². The van der Waals surface area contributed by atoms with Gasteiger partial charge in [0, 0.05) is 18.9 Å². The molecule has 1 saturated heterocycles. The molecule has 0 bridgehead atoms. The summed E-state index contributed by atoms with van der Waals surface area (Å²) in [7, 11) is 0. The standard InChI is InChI=1S/C19H20N4O3/c24-18(11-14-13-22-8-2-1-7-17(22)21-14)23-9-3-6-16(23)19(25)20-12-15-5-4-10-26-15/h1-2,4-5,7-8,10,13,16H,3,6,9,11-12H2,(H,20,25). The second-order valence-corrected chi connectivity index (χ2v) is 6.42. The Morgan fingerprint density at radius 2 is 2.19 bits per heavy atom. The van der Waals surface area contributed by atoms with Gasteiger partial charge in [-0.15, -0.1) is 0 Å². The van der Waals surface area contributed by atoms with Gasteiger partial charge in [0.15, 0.2) is 0 Å². The zero-order valence-electron chi connectivity index (χ0n) is 14.3. The minimum atomic E-state index is -0.422. The van der Waals surface area contributed by atoms with Crippen LogP contribution in [0.1, 0.15) is 24.3 Å². The van der Waals surface area contributed by atoms with Crippen LogP contribution in [0, 0.1) is 0 Å². The molecule has 0 saturated carbocycles. The lowest BCUT2D eigenvalue weighted by Crippen LogP contribution is -2.46. The summed E-state index contributed by atoms with van der Waals surface area (Å²) in [5.41, 5.74) is 1.52. The molecule has 7 heteroatoms. The number of imidazole rings is 1. The summed E-state index contributed by atoms with van der Waals surface area (Å²) in [6.07, 6.45) is 7.04. The van der Waals surface area contributed by atoms with E-state index in [-0.39, 0.29) is 18.2 Å². The van der Waals surface area contributed by atoms with E-state index in [1.807, 2.05) is 35.0 Å². The zero-order valence-corrected chi connectivity index (χ0v) is 14.3. The lowest BCUT2D eigenvalue weighted by molar-refractivity contribution is -0.138. The summed E-state index contributed by atoms with van der Waals surface area (Å²) in [6, 6.07) is 8.89. The first-order chi connectivity index (χ1) is 12.7. The van der Waals surface area contributed by atoms with Crippen LogP contribution >= 0.6 is 0 Å². The minimum absolute atomic E-state index is 0.0657. The van der Waals surface area contributed by atoms with Crippen LogP contribution in [-0.4, -0.2) is 38.7 Å². The summed E-state index contributed by atoms with van der Waals surface area (Å²) >= 11 is 0. The lowest BCUT2D eigenvalue weighted by atomic mass is 10.2. The first-order valence-corrected chi connectivity index (χ1v) is 8.73. The van der Waals surface area contributed by atoms with E-state index in [4.69, 9.17) is 4.42 Å². The van der Waals surface area contributed by atoms with E-state index in [1.54, 1.807) is 23.3 Å². The Morgan fingerprint density at radius 3 is 3.00 bits per heavy atom. The summed E-state index contributed by atoms with van der Waals surface area (Å²) in [6.45, 7) is 0.932. The van der Waals surface area contributed by atoms with Gasteiger partial charge in [-0.1, -0.05) is 6.07 Å². The van der Waals surface area contributed by atoms with Crippen molar-refractivity contribution in [2.45, 2.75) is 31.8 Å². The maximum atomic E-state index is 12.7. The molecule has 1 fully saturated rings. The molecule has 1 aliphatic heterocycles. The molecular weight excluding hydrogens is 332 g/mol. The molecule has 134 valence electrons. The predicted octanol–water partition coefficient (Wildman–Crippen LogP) is 1.78. The molecule has 1 N–H and O–H groups in total. The number of likely N-dealkylation sites (tertiary alicyclic amines) is 1. The molecule has 7 nitrogen and oxygen atoms in total. The summed E-state index contributed by atoms with van der Waals surface area (Å²) in [5.74, 6) is 0.491. The number of aromatic nitrogens is 2. The van der Waals surface area contributed by atoms with Crippen molar-refractivity contribution in [3.63, 3.8) is 0 Å². The highest BCUT2D eigenvalue weighted by Gasteiger charge is 2.34. The van der Waals surface area contributed by atoms with Gasteiger partial charge in [-0.05, 0) is 37.1 Å². The van der Waals surface area contributed by atoms with E-state index in [9.17, 15) is 9.59 Å². The highest BCUT2D eigenvalue weighted by Crippen LogP contribution is 2.19. The average Bonchev–Trinajstić information content (AvgIpc) is 3.38. The smallest absolute Gasteiger partial charge is 0.243 e. The Morgan fingerprint density at radius 1 is 1.27 bits per heavy atom. The fraction of sp³-hybridized carbons (Fsp3) is 0.316. The van der Waals surface area contributed by atoms with E-state index >= 15 is 0 Å². The van der Waals surface area contributed by atoms with Crippen LogP contribution in [0.2, 0.25) is 0 Å². The summed E-state index contributed by atoms with van der Waals surface area (Å²) in [5, 5.41) is 2.85. The average molecular weight is 352 g/mol. The van der Waals surface area contributed by atoms with Crippen molar-refractivity contribution in [1.29, 1.82) is 0 Å². The largest absolute Gasteiger partial charge is 0.467 e. The van der Waals surface area contributed by atoms with Crippen molar-refractivity contribution in [3.05, 3.63) is 60.4 Å². The number of carbonyl (C=O) groups excluding carboxylic acids is 2. The molecule has 4 heterocycles. The van der Waals surface area contributed by atoms with Crippen molar-refractivity contribution in [1.82, 2.24) is 19.6 Å². The number of furan rings is 1. The third-order valence-electron chi connectivity index (χ3n) is 4.64. The van der Waals surface area contributed by atoms with Crippen LogP contribution in [0.25, 0.3) is 5.65 Å². The summed E-state index contributed by atoms with van der Waals surface area (Å²) in [4.78, 5) is 31.3. The van der Waals surface area contributed by atoms with Crippen LogP contribution in [0.15, 0.2) is 53.4 Å². The number of fused-ring (bicyclic) bond motifs is 1. The Hall–Kier alpha value is -3.09. The van der Waals surface area contributed by atoms with Crippen molar-refractivity contribution < 1.29 is 14.0 Å². The molecule has 0 aromatic carbocycles. The van der Waals surface area contributed by atoms with Crippen molar-refractivity contribution in [2.24, 2.45) is 0 Å². The Balaban J connectivity index is 1.40. The molecule has 4 rings (SSSR count). The fourth-order valence-electron chi connectivity index (χ4n) is 3.37. The van der Waals surface area contributed by atoms with Crippen LogP contribution in [0.3, 0.4) is 0 Å². The molecule has 3 aromatic rings. The molecule has 26 heavy (non-hydrogen) atoms. The molecular formula is C19H20N4O3. The van der Waals surface area contributed by atoms with Gasteiger partial charge in [-0.2, -0.15) is 0 Å². The number of amides is 2. The highest BCUT2D eigenvalue weighted by molar-refractivity contribution is 5.88. The lowest BCUT2D eigenvalue weighted by Gasteiger charge is -2.23. The monoisotopic (exact) mass is 352 g/mol. The SMILES string of the molecule is O=C(NCc1ccco1)C1CCCN1C(=O)Cc1cn2ccccc2n1. The van der Waals surface area contributed by atoms with Gasteiger partial charge in [0.25, 0.3) is 0 Å². The number of hydrogen-bond donors (Lipinski definition) is 1. The number of hydrogen-bond acceptors (Lipinski definition) is 4. The van der Waals surface area contributed by atoms with E-state index in [1.165, 1.54) is 0 Å². The minimum Gasteiger partial charge on any atom is -0.467 e. The molecule has 0 aliphatic carbocycles. The Kier molecular flexibility index (Phi) is 4.43. The molecule has 1 atom stereocenters. The second kappa shape index (κ2) is 7.03. The first-order valence-electron chi connectivity index (χ1n) is 8.73. The molecule has 1 unspecified atom stereocenters. The van der Waals surface area contributed by atoms with Crippen molar-refractivity contribution >= 4 is 17.5 Å². The molecule has 0 spiro atoms. The number of carbonyl (C=O) groups is 2. The normalized spacial score (nSPS) is 16.9. The van der Waals surface area contributed by atoms with Crippen molar-refractivity contribution in [2.75, 3.05) is 6.54 Å². The number of nitrogens with zero attached hydrogens (tertiary/aromatic N) is 3. The second-order valence-electron chi connectivity index (χ2n) is 6.42. The van der Waals surface area contributed by atoms with Gasteiger partial charge in [0.05, 0.1) is 24.9 Å². The van der Waals surface area contributed by atoms with Gasteiger partial charge in [0.1, 0.15) is 17.4 Å². The van der Waals surface area contributed by atoms with Gasteiger partial charge in [-0.25, -0.2) is 4.98 Å². The molecule has 0 radical (unpaired) electrons. The molecule has 3 aromatic heterocycles. The Bertz CT molecular complexity index is 883. The van der Waals surface area contributed by atoms with Crippen LogP contribution in [-0.2, 0) is 22.6 Å². The topological polar surface area (TPSA) is 79.9 Å².